The first kappa shape index (κ1) is 17.8. The molecule has 3 aromatic rings. The van der Waals surface area contributed by atoms with E-state index in [1.54, 1.807) is 38.6 Å². The molecule has 3 rings (SSSR count). The summed E-state index contributed by atoms with van der Waals surface area (Å²) >= 11 is 6.15. The van der Waals surface area contributed by atoms with Gasteiger partial charge in [-0.05, 0) is 48.9 Å². The van der Waals surface area contributed by atoms with E-state index in [1.807, 2.05) is 31.2 Å². The zero-order chi connectivity index (χ0) is 18.5. The highest BCUT2D eigenvalue weighted by molar-refractivity contribution is 6.32. The molecule has 134 valence electrons. The Morgan fingerprint density at radius 2 is 1.69 bits per heavy atom. The minimum atomic E-state index is 0.447. The van der Waals surface area contributed by atoms with Crippen LogP contribution in [0.3, 0.4) is 0 Å². The molecule has 2 N–H and O–H groups in total. The van der Waals surface area contributed by atoms with Gasteiger partial charge in [-0.1, -0.05) is 17.7 Å². The molecule has 0 saturated heterocycles. The molecule has 2 aromatic carbocycles. The number of aromatic nitrogens is 2. The summed E-state index contributed by atoms with van der Waals surface area (Å²) in [4.78, 5) is 8.72. The highest BCUT2D eigenvalue weighted by atomic mass is 35.5. The third-order valence-electron chi connectivity index (χ3n) is 3.68. The lowest BCUT2D eigenvalue weighted by atomic mass is 10.2. The molecule has 26 heavy (non-hydrogen) atoms. The van der Waals surface area contributed by atoms with E-state index in [9.17, 15) is 0 Å². The van der Waals surface area contributed by atoms with Crippen molar-refractivity contribution < 1.29 is 9.47 Å². The Hall–Kier alpha value is -2.99. The molecule has 0 saturated carbocycles. The number of nitrogens with zero attached hydrogens (tertiary/aromatic N) is 2. The number of nitrogens with one attached hydrogen (secondary N) is 2. The molecule has 0 fully saturated rings. The predicted molar refractivity (Wildman–Crippen MR) is 104 cm³/mol. The van der Waals surface area contributed by atoms with Gasteiger partial charge in [0.25, 0.3) is 0 Å². The molecule has 6 nitrogen and oxygen atoms in total. The number of aryl methyl sites for hydroxylation is 1. The smallest absolute Gasteiger partial charge is 0.229 e. The van der Waals surface area contributed by atoms with E-state index in [4.69, 9.17) is 21.1 Å². The van der Waals surface area contributed by atoms with Gasteiger partial charge in [-0.3, -0.25) is 0 Å². The summed E-state index contributed by atoms with van der Waals surface area (Å²) in [5.74, 6) is 2.44. The number of anilines is 4. The maximum Gasteiger partial charge on any atom is 0.229 e. The average Bonchev–Trinajstić information content (AvgIpc) is 2.62. The van der Waals surface area contributed by atoms with Crippen LogP contribution in [0.5, 0.6) is 11.5 Å². The fourth-order valence-corrected chi connectivity index (χ4v) is 2.68. The van der Waals surface area contributed by atoms with Crippen molar-refractivity contribution in [1.82, 2.24) is 9.97 Å². The van der Waals surface area contributed by atoms with Gasteiger partial charge in [0.05, 0.1) is 24.9 Å². The van der Waals surface area contributed by atoms with Crippen molar-refractivity contribution in [2.75, 3.05) is 24.9 Å². The Labute approximate surface area is 157 Å². The van der Waals surface area contributed by atoms with Gasteiger partial charge in [0.1, 0.15) is 17.3 Å². The Morgan fingerprint density at radius 1 is 0.923 bits per heavy atom. The molecular weight excluding hydrogens is 352 g/mol. The normalized spacial score (nSPS) is 10.3. The molecule has 0 aliphatic carbocycles. The van der Waals surface area contributed by atoms with Gasteiger partial charge in [0.15, 0.2) is 0 Å². The Balaban J connectivity index is 1.80. The summed E-state index contributed by atoms with van der Waals surface area (Å²) in [6.07, 6.45) is 1.67. The maximum absolute atomic E-state index is 6.15. The van der Waals surface area contributed by atoms with E-state index in [0.29, 0.717) is 22.5 Å². The Kier molecular flexibility index (Phi) is 5.43. The third-order valence-corrected chi connectivity index (χ3v) is 3.98. The molecule has 1 aromatic heterocycles. The standard InChI is InChI=1S/C19H19ClN4O2/c1-12-4-6-17(26-3)15(10-12)23-18-8-9-21-19(24-18)22-13-5-7-16(25-2)14(20)11-13/h4-11H,1-3H3,(H2,21,22,23,24). The fraction of sp³-hybridized carbons (Fsp3) is 0.158. The van der Waals surface area contributed by atoms with Crippen LogP contribution in [-0.4, -0.2) is 24.2 Å². The van der Waals surface area contributed by atoms with Gasteiger partial charge >= 0.3 is 0 Å². The number of halogens is 1. The lowest BCUT2D eigenvalue weighted by molar-refractivity contribution is 0.415. The molecule has 0 aliphatic rings. The molecular formula is C19H19ClN4O2. The topological polar surface area (TPSA) is 68.3 Å². The quantitative estimate of drug-likeness (QED) is 0.640. The van der Waals surface area contributed by atoms with Crippen molar-refractivity contribution in [2.24, 2.45) is 0 Å². The van der Waals surface area contributed by atoms with Crippen LogP contribution in [0.15, 0.2) is 48.7 Å². The molecule has 1 heterocycles. The predicted octanol–water partition coefficient (Wildman–Crippen LogP) is 4.94. The number of methoxy groups -OCH3 is 2. The summed E-state index contributed by atoms with van der Waals surface area (Å²) in [6.45, 7) is 2.02. The van der Waals surface area contributed by atoms with Gasteiger partial charge in [-0.15, -0.1) is 0 Å². The Morgan fingerprint density at radius 3 is 2.42 bits per heavy atom. The minimum absolute atomic E-state index is 0.447. The molecule has 0 aliphatic heterocycles. The van der Waals surface area contributed by atoms with Crippen molar-refractivity contribution in [1.29, 1.82) is 0 Å². The lowest BCUT2D eigenvalue weighted by Gasteiger charge is -2.12. The first-order valence-electron chi connectivity index (χ1n) is 7.94. The van der Waals surface area contributed by atoms with E-state index in [2.05, 4.69) is 20.6 Å². The largest absolute Gasteiger partial charge is 0.495 e. The maximum atomic E-state index is 6.15. The first-order valence-corrected chi connectivity index (χ1v) is 8.32. The van der Waals surface area contributed by atoms with E-state index in [-0.39, 0.29) is 0 Å². The highest BCUT2D eigenvalue weighted by Gasteiger charge is 2.07. The summed E-state index contributed by atoms with van der Waals surface area (Å²) in [5, 5.41) is 6.90. The summed E-state index contributed by atoms with van der Waals surface area (Å²) in [5.41, 5.74) is 2.72. The van der Waals surface area contributed by atoms with Crippen LogP contribution >= 0.6 is 11.6 Å². The molecule has 7 heteroatoms. The van der Waals surface area contributed by atoms with Gasteiger partial charge in [-0.2, -0.15) is 4.98 Å². The average molecular weight is 371 g/mol. The van der Waals surface area contributed by atoms with Crippen LogP contribution < -0.4 is 20.1 Å². The molecule has 0 amide bonds. The van der Waals surface area contributed by atoms with Crippen molar-refractivity contribution in [3.8, 4) is 11.5 Å². The monoisotopic (exact) mass is 370 g/mol. The molecule has 0 radical (unpaired) electrons. The van der Waals surface area contributed by atoms with E-state index >= 15 is 0 Å². The first-order chi connectivity index (χ1) is 12.6. The zero-order valence-electron chi connectivity index (χ0n) is 14.7. The molecule has 0 unspecified atom stereocenters. The van der Waals surface area contributed by atoms with Crippen LogP contribution in [-0.2, 0) is 0 Å². The molecule has 0 atom stereocenters. The van der Waals surface area contributed by atoms with Crippen LogP contribution in [0.2, 0.25) is 5.02 Å². The lowest BCUT2D eigenvalue weighted by Crippen LogP contribution is -2.01. The number of hydrogen-bond donors (Lipinski definition) is 2. The van der Waals surface area contributed by atoms with Crippen molar-refractivity contribution >= 4 is 34.7 Å². The van der Waals surface area contributed by atoms with Gasteiger partial charge in [-0.25, -0.2) is 4.98 Å². The third kappa shape index (κ3) is 4.15. The number of ether oxygens (including phenoxy) is 2. The molecule has 0 spiro atoms. The second-order valence-electron chi connectivity index (χ2n) is 5.57. The minimum Gasteiger partial charge on any atom is -0.495 e. The fourth-order valence-electron chi connectivity index (χ4n) is 2.42. The van der Waals surface area contributed by atoms with E-state index in [1.165, 1.54) is 0 Å². The number of hydrogen-bond acceptors (Lipinski definition) is 6. The van der Waals surface area contributed by atoms with Crippen LogP contribution in [0.4, 0.5) is 23.1 Å². The molecule has 0 bridgehead atoms. The second kappa shape index (κ2) is 7.93. The number of benzene rings is 2. The second-order valence-corrected chi connectivity index (χ2v) is 5.98. The van der Waals surface area contributed by atoms with Crippen molar-refractivity contribution in [3.05, 3.63) is 59.2 Å². The van der Waals surface area contributed by atoms with Crippen molar-refractivity contribution in [2.45, 2.75) is 6.92 Å². The number of rotatable bonds is 6. The summed E-state index contributed by atoms with van der Waals surface area (Å²) in [7, 11) is 3.21. The van der Waals surface area contributed by atoms with Gasteiger partial charge in [0, 0.05) is 11.9 Å². The van der Waals surface area contributed by atoms with Crippen LogP contribution in [0, 0.1) is 6.92 Å². The highest BCUT2D eigenvalue weighted by Crippen LogP contribution is 2.30. The van der Waals surface area contributed by atoms with E-state index < -0.39 is 0 Å². The van der Waals surface area contributed by atoms with Gasteiger partial charge < -0.3 is 20.1 Å². The van der Waals surface area contributed by atoms with Crippen LogP contribution in [0.1, 0.15) is 5.56 Å². The zero-order valence-corrected chi connectivity index (χ0v) is 15.5. The van der Waals surface area contributed by atoms with Gasteiger partial charge in [0.2, 0.25) is 5.95 Å². The Bertz CT molecular complexity index is 918. The van der Waals surface area contributed by atoms with Crippen LogP contribution in [0.25, 0.3) is 0 Å². The van der Waals surface area contributed by atoms with E-state index in [0.717, 1.165) is 22.7 Å². The SMILES string of the molecule is COc1ccc(Nc2nccc(Nc3cc(C)ccc3OC)n2)cc1Cl. The summed E-state index contributed by atoms with van der Waals surface area (Å²) < 4.78 is 10.5. The van der Waals surface area contributed by atoms with Crippen molar-refractivity contribution in [3.63, 3.8) is 0 Å². The summed E-state index contributed by atoms with van der Waals surface area (Å²) in [6, 6.07) is 13.1.